The van der Waals surface area contributed by atoms with Crippen LogP contribution in [0.25, 0.3) is 10.2 Å². The molecule has 0 saturated heterocycles. The van der Waals surface area contributed by atoms with Gasteiger partial charge in [0.25, 0.3) is 5.56 Å². The summed E-state index contributed by atoms with van der Waals surface area (Å²) in [5.74, 6) is 0. The summed E-state index contributed by atoms with van der Waals surface area (Å²) < 4.78 is 36.4. The Kier molecular flexibility index (Phi) is 2.26. The summed E-state index contributed by atoms with van der Waals surface area (Å²) >= 11 is 0.825. The van der Waals surface area contributed by atoms with E-state index in [0.29, 0.717) is 5.52 Å². The third kappa shape index (κ3) is 2.17. The zero-order valence-corrected chi connectivity index (χ0v) is 8.08. The zero-order valence-electron chi connectivity index (χ0n) is 7.26. The van der Waals surface area contributed by atoms with Crippen molar-refractivity contribution < 1.29 is 13.2 Å². The number of hydrogen-bond donors (Lipinski definition) is 1. The van der Waals surface area contributed by atoms with Gasteiger partial charge in [0, 0.05) is 4.88 Å². The Morgan fingerprint density at radius 3 is 2.80 bits per heavy atom. The lowest BCUT2D eigenvalue weighted by atomic mass is 10.3. The molecule has 2 heterocycles. The van der Waals surface area contributed by atoms with Gasteiger partial charge in [0.05, 0.1) is 18.3 Å². The minimum atomic E-state index is -4.26. The SMILES string of the molecule is O=c1[nH]cnc2cc(CC(F)(F)F)sc12. The number of aromatic nitrogens is 2. The highest BCUT2D eigenvalue weighted by atomic mass is 32.1. The van der Waals surface area contributed by atoms with Crippen LogP contribution in [0.5, 0.6) is 0 Å². The maximum atomic E-state index is 12.1. The molecule has 0 amide bonds. The summed E-state index contributed by atoms with van der Waals surface area (Å²) in [6.45, 7) is 0. The molecule has 0 aliphatic heterocycles. The Labute approximate surface area is 85.6 Å². The van der Waals surface area contributed by atoms with Crippen molar-refractivity contribution >= 4 is 21.6 Å². The maximum Gasteiger partial charge on any atom is 0.393 e. The molecule has 1 N–H and O–H groups in total. The van der Waals surface area contributed by atoms with Crippen LogP contribution in [0.4, 0.5) is 13.2 Å². The van der Waals surface area contributed by atoms with Crippen molar-refractivity contribution in [1.29, 1.82) is 0 Å². The number of halogens is 3. The Morgan fingerprint density at radius 2 is 2.20 bits per heavy atom. The standard InChI is InChI=1S/C8H5F3N2OS/c9-8(10,11)2-4-1-5-6(15-4)7(14)13-3-12-5/h1,3H,2H2,(H,12,13,14). The van der Waals surface area contributed by atoms with Crippen LogP contribution in [0.2, 0.25) is 0 Å². The Hall–Kier alpha value is -1.37. The van der Waals surface area contributed by atoms with Crippen LogP contribution in [0.3, 0.4) is 0 Å². The Bertz CT molecular complexity index is 543. The first kappa shape index (κ1) is 10.2. The predicted molar refractivity (Wildman–Crippen MR) is 50.0 cm³/mol. The van der Waals surface area contributed by atoms with E-state index in [0.717, 1.165) is 11.3 Å². The predicted octanol–water partition coefficient (Wildman–Crippen LogP) is 2.09. The molecular formula is C8H5F3N2OS. The minimum Gasteiger partial charge on any atom is -0.312 e. The second kappa shape index (κ2) is 3.34. The zero-order chi connectivity index (χ0) is 11.1. The second-order valence-corrected chi connectivity index (χ2v) is 4.09. The molecule has 80 valence electrons. The van der Waals surface area contributed by atoms with Crippen LogP contribution < -0.4 is 5.56 Å². The van der Waals surface area contributed by atoms with Crippen molar-refractivity contribution in [3.8, 4) is 0 Å². The van der Waals surface area contributed by atoms with Crippen LogP contribution in [0.1, 0.15) is 4.88 Å². The third-order valence-electron chi connectivity index (χ3n) is 1.74. The highest BCUT2D eigenvalue weighted by Crippen LogP contribution is 2.27. The summed E-state index contributed by atoms with van der Waals surface area (Å²) in [6.07, 6.45) is -4.10. The van der Waals surface area contributed by atoms with E-state index < -0.39 is 18.2 Å². The van der Waals surface area contributed by atoms with Crippen molar-refractivity contribution in [2.75, 3.05) is 0 Å². The fourth-order valence-corrected chi connectivity index (χ4v) is 2.24. The van der Waals surface area contributed by atoms with Crippen molar-refractivity contribution in [3.05, 3.63) is 27.6 Å². The van der Waals surface area contributed by atoms with Gasteiger partial charge in [-0.2, -0.15) is 13.2 Å². The first-order valence-electron chi connectivity index (χ1n) is 3.98. The van der Waals surface area contributed by atoms with Gasteiger partial charge in [-0.1, -0.05) is 0 Å². The second-order valence-electron chi connectivity index (χ2n) is 2.95. The Morgan fingerprint density at radius 1 is 1.47 bits per heavy atom. The van der Waals surface area contributed by atoms with Gasteiger partial charge in [-0.15, -0.1) is 11.3 Å². The van der Waals surface area contributed by atoms with E-state index in [1.807, 2.05) is 0 Å². The minimum absolute atomic E-state index is 0.0988. The third-order valence-corrected chi connectivity index (χ3v) is 2.87. The summed E-state index contributed by atoms with van der Waals surface area (Å²) in [6, 6.07) is 1.29. The van der Waals surface area contributed by atoms with Crippen LogP contribution in [0, 0.1) is 0 Å². The quantitative estimate of drug-likeness (QED) is 0.821. The lowest BCUT2D eigenvalue weighted by Gasteiger charge is -2.01. The Balaban J connectivity index is 2.48. The number of thiophene rings is 1. The van der Waals surface area contributed by atoms with Crippen LogP contribution in [-0.2, 0) is 6.42 Å². The van der Waals surface area contributed by atoms with E-state index in [4.69, 9.17) is 0 Å². The molecule has 0 fully saturated rings. The molecule has 3 nitrogen and oxygen atoms in total. The van der Waals surface area contributed by atoms with Gasteiger partial charge >= 0.3 is 6.18 Å². The van der Waals surface area contributed by atoms with Gasteiger partial charge in [0.1, 0.15) is 4.70 Å². The fourth-order valence-electron chi connectivity index (χ4n) is 1.20. The first-order valence-corrected chi connectivity index (χ1v) is 4.80. The number of fused-ring (bicyclic) bond motifs is 1. The first-order chi connectivity index (χ1) is 6.96. The highest BCUT2D eigenvalue weighted by molar-refractivity contribution is 7.18. The lowest BCUT2D eigenvalue weighted by Crippen LogP contribution is -2.10. The van der Waals surface area contributed by atoms with Gasteiger partial charge in [0.2, 0.25) is 0 Å². The molecular weight excluding hydrogens is 229 g/mol. The molecule has 0 spiro atoms. The number of hydrogen-bond acceptors (Lipinski definition) is 3. The van der Waals surface area contributed by atoms with E-state index >= 15 is 0 Å². The van der Waals surface area contributed by atoms with Gasteiger partial charge in [-0.25, -0.2) is 4.98 Å². The number of aromatic amines is 1. The van der Waals surface area contributed by atoms with Crippen molar-refractivity contribution in [2.24, 2.45) is 0 Å². The molecule has 0 aliphatic carbocycles. The molecule has 0 saturated carbocycles. The topological polar surface area (TPSA) is 45.8 Å². The normalized spacial score (nSPS) is 12.2. The molecule has 0 bridgehead atoms. The molecule has 0 atom stereocenters. The molecule has 0 radical (unpaired) electrons. The van der Waals surface area contributed by atoms with E-state index in [9.17, 15) is 18.0 Å². The smallest absolute Gasteiger partial charge is 0.312 e. The average Bonchev–Trinajstić information content (AvgIpc) is 2.45. The van der Waals surface area contributed by atoms with E-state index in [-0.39, 0.29) is 9.58 Å². The molecule has 7 heteroatoms. The van der Waals surface area contributed by atoms with Gasteiger partial charge in [-0.3, -0.25) is 4.79 Å². The monoisotopic (exact) mass is 234 g/mol. The maximum absolute atomic E-state index is 12.1. The molecule has 15 heavy (non-hydrogen) atoms. The number of alkyl halides is 3. The van der Waals surface area contributed by atoms with Crippen LogP contribution in [-0.4, -0.2) is 16.1 Å². The summed E-state index contributed by atoms with van der Waals surface area (Å²) in [7, 11) is 0. The molecule has 2 rings (SSSR count). The molecule has 0 aromatic carbocycles. The number of nitrogens with one attached hydrogen (secondary N) is 1. The fraction of sp³-hybridized carbons (Fsp3) is 0.250. The number of rotatable bonds is 1. The average molecular weight is 234 g/mol. The van der Waals surface area contributed by atoms with Gasteiger partial charge in [0.15, 0.2) is 0 Å². The molecule has 0 unspecified atom stereocenters. The largest absolute Gasteiger partial charge is 0.393 e. The van der Waals surface area contributed by atoms with Crippen molar-refractivity contribution in [1.82, 2.24) is 9.97 Å². The molecule has 2 aromatic rings. The lowest BCUT2D eigenvalue weighted by molar-refractivity contribution is -0.126. The van der Waals surface area contributed by atoms with Gasteiger partial charge < -0.3 is 4.98 Å². The molecule has 0 aliphatic rings. The highest BCUT2D eigenvalue weighted by Gasteiger charge is 2.28. The van der Waals surface area contributed by atoms with Gasteiger partial charge in [-0.05, 0) is 6.07 Å². The van der Waals surface area contributed by atoms with Crippen LogP contribution >= 0.6 is 11.3 Å². The van der Waals surface area contributed by atoms with Crippen molar-refractivity contribution in [3.63, 3.8) is 0 Å². The summed E-state index contributed by atoms with van der Waals surface area (Å²) in [4.78, 5) is 17.4. The summed E-state index contributed by atoms with van der Waals surface area (Å²) in [5, 5.41) is 0. The summed E-state index contributed by atoms with van der Waals surface area (Å²) in [5.41, 5.74) is -0.0959. The van der Waals surface area contributed by atoms with Crippen LogP contribution in [0.15, 0.2) is 17.2 Å². The van der Waals surface area contributed by atoms with Crippen molar-refractivity contribution in [2.45, 2.75) is 12.6 Å². The number of H-pyrrole nitrogens is 1. The van der Waals surface area contributed by atoms with E-state index in [1.165, 1.54) is 12.4 Å². The molecule has 2 aromatic heterocycles. The number of nitrogens with zero attached hydrogens (tertiary/aromatic N) is 1. The van der Waals surface area contributed by atoms with E-state index in [1.54, 1.807) is 0 Å². The van der Waals surface area contributed by atoms with E-state index in [2.05, 4.69) is 9.97 Å².